The van der Waals surface area contributed by atoms with Gasteiger partial charge in [-0.3, -0.25) is 14.4 Å². The van der Waals surface area contributed by atoms with Crippen molar-refractivity contribution in [3.05, 3.63) is 77.2 Å². The van der Waals surface area contributed by atoms with E-state index in [4.69, 9.17) is 9.47 Å². The fraction of sp³-hybridized carbons (Fsp3) is 0.296. The summed E-state index contributed by atoms with van der Waals surface area (Å²) in [6.45, 7) is 1.21. The number of thiophene rings is 1. The van der Waals surface area contributed by atoms with Crippen LogP contribution < -0.4 is 10.1 Å². The summed E-state index contributed by atoms with van der Waals surface area (Å²) < 4.78 is 11.1. The highest BCUT2D eigenvalue weighted by Gasteiger charge is 2.22. The smallest absolute Gasteiger partial charge is 0.325 e. The zero-order valence-electron chi connectivity index (χ0n) is 19.4. The molecule has 2 aromatic carbocycles. The molecule has 0 aliphatic carbocycles. The van der Waals surface area contributed by atoms with E-state index in [1.165, 1.54) is 11.3 Å². The van der Waals surface area contributed by atoms with E-state index in [1.807, 2.05) is 60.7 Å². The Bertz CT molecular complexity index is 1140. The molecule has 1 aromatic heterocycles. The molecule has 3 aromatic rings. The van der Waals surface area contributed by atoms with E-state index in [9.17, 15) is 14.4 Å². The summed E-state index contributed by atoms with van der Waals surface area (Å²) in [5.74, 6) is -0.749. The molecule has 0 atom stereocenters. The molecule has 0 bridgehead atoms. The van der Waals surface area contributed by atoms with Crippen LogP contribution in [0.15, 0.2) is 66.7 Å². The second kappa shape index (κ2) is 12.2. The van der Waals surface area contributed by atoms with Crippen LogP contribution in [0.4, 0.5) is 0 Å². The Morgan fingerprint density at radius 1 is 0.914 bits per heavy atom. The largest absolute Gasteiger partial charge is 0.482 e. The molecule has 1 aliphatic rings. The van der Waals surface area contributed by atoms with E-state index in [0.29, 0.717) is 10.6 Å². The molecule has 7 nitrogen and oxygen atoms in total. The van der Waals surface area contributed by atoms with Crippen molar-refractivity contribution in [2.45, 2.75) is 25.9 Å². The van der Waals surface area contributed by atoms with Crippen LogP contribution in [-0.4, -0.2) is 48.9 Å². The van der Waals surface area contributed by atoms with Crippen molar-refractivity contribution in [2.24, 2.45) is 0 Å². The lowest BCUT2D eigenvalue weighted by atomic mass is 10.1. The van der Waals surface area contributed by atoms with Crippen molar-refractivity contribution in [1.82, 2.24) is 10.2 Å². The third-order valence-electron chi connectivity index (χ3n) is 5.66. The van der Waals surface area contributed by atoms with Gasteiger partial charge in [0.2, 0.25) is 0 Å². The first kappa shape index (κ1) is 24.5. The van der Waals surface area contributed by atoms with Crippen LogP contribution in [0.5, 0.6) is 5.75 Å². The van der Waals surface area contributed by atoms with Gasteiger partial charge in [0.25, 0.3) is 11.8 Å². The molecule has 0 spiro atoms. The predicted octanol–water partition coefficient (Wildman–Crippen LogP) is 4.28. The van der Waals surface area contributed by atoms with Crippen LogP contribution in [0.2, 0.25) is 0 Å². The van der Waals surface area contributed by atoms with Gasteiger partial charge in [0.15, 0.2) is 6.61 Å². The molecule has 0 saturated carbocycles. The molecule has 0 unspecified atom stereocenters. The third kappa shape index (κ3) is 6.93. The number of carbonyl (C=O) groups is 3. The quantitative estimate of drug-likeness (QED) is 0.451. The van der Waals surface area contributed by atoms with Gasteiger partial charge in [-0.05, 0) is 36.5 Å². The number of ether oxygens (including phenoxy) is 2. The summed E-state index contributed by atoms with van der Waals surface area (Å²) >= 11 is 1.26. The number of piperidine rings is 1. The Balaban J connectivity index is 1.40. The van der Waals surface area contributed by atoms with E-state index in [1.54, 1.807) is 11.0 Å². The van der Waals surface area contributed by atoms with E-state index < -0.39 is 11.9 Å². The second-order valence-electron chi connectivity index (χ2n) is 8.23. The zero-order chi connectivity index (χ0) is 24.5. The fourth-order valence-electron chi connectivity index (χ4n) is 3.78. The van der Waals surface area contributed by atoms with Crippen LogP contribution in [0.3, 0.4) is 0 Å². The minimum absolute atomic E-state index is 0.0898. The summed E-state index contributed by atoms with van der Waals surface area (Å²) in [7, 11) is 0. The maximum Gasteiger partial charge on any atom is 0.325 e. The van der Waals surface area contributed by atoms with Crippen LogP contribution in [0.25, 0.3) is 10.4 Å². The molecule has 8 heteroatoms. The first-order valence-corrected chi connectivity index (χ1v) is 12.5. The number of esters is 1. The molecule has 1 fully saturated rings. The number of benzene rings is 2. The average molecular weight is 493 g/mol. The molecule has 2 heterocycles. The minimum atomic E-state index is -0.537. The van der Waals surface area contributed by atoms with Crippen molar-refractivity contribution < 1.29 is 23.9 Å². The number of nitrogens with one attached hydrogen (secondary N) is 1. The van der Waals surface area contributed by atoms with Crippen molar-refractivity contribution in [2.75, 3.05) is 26.2 Å². The lowest BCUT2D eigenvalue weighted by molar-refractivity contribution is -0.143. The molecule has 4 rings (SSSR count). The van der Waals surface area contributed by atoms with Crippen molar-refractivity contribution >= 4 is 29.1 Å². The molecular weight excluding hydrogens is 464 g/mol. The molecule has 1 N–H and O–H groups in total. The van der Waals surface area contributed by atoms with Gasteiger partial charge in [0.1, 0.15) is 23.8 Å². The highest BCUT2D eigenvalue weighted by molar-refractivity contribution is 7.17. The van der Waals surface area contributed by atoms with Gasteiger partial charge in [-0.1, -0.05) is 60.7 Å². The first-order chi connectivity index (χ1) is 17.1. The Hall–Kier alpha value is -3.65. The van der Waals surface area contributed by atoms with Crippen LogP contribution in [-0.2, 0) is 20.9 Å². The maximum absolute atomic E-state index is 13.0. The number of likely N-dealkylation sites (tertiary alicyclic amines) is 1. The monoisotopic (exact) mass is 492 g/mol. The number of hydrogen-bond donors (Lipinski definition) is 1. The molecule has 2 amide bonds. The summed E-state index contributed by atoms with van der Waals surface area (Å²) in [6, 6.07) is 20.7. The number of hydrogen-bond acceptors (Lipinski definition) is 6. The first-order valence-electron chi connectivity index (χ1n) is 11.7. The molecule has 0 radical (unpaired) electrons. The van der Waals surface area contributed by atoms with Crippen molar-refractivity contribution in [1.29, 1.82) is 0 Å². The molecule has 182 valence electrons. The number of rotatable bonds is 9. The lowest BCUT2D eigenvalue weighted by Gasteiger charge is -2.26. The zero-order valence-corrected chi connectivity index (χ0v) is 20.2. The average Bonchev–Trinajstić information content (AvgIpc) is 3.35. The van der Waals surface area contributed by atoms with Gasteiger partial charge in [-0.25, -0.2) is 0 Å². The SMILES string of the molecule is O=C(CNC(=O)c1sc(-c2ccccc2)cc1OCC(=O)N1CCCCC1)OCc1ccccc1. The lowest BCUT2D eigenvalue weighted by Crippen LogP contribution is -2.38. The summed E-state index contributed by atoms with van der Waals surface area (Å²) in [6.07, 6.45) is 3.13. The van der Waals surface area contributed by atoms with Crippen LogP contribution in [0.1, 0.15) is 34.5 Å². The minimum Gasteiger partial charge on any atom is -0.482 e. The summed E-state index contributed by atoms with van der Waals surface area (Å²) in [4.78, 5) is 40.6. The van der Waals surface area contributed by atoms with Gasteiger partial charge < -0.3 is 19.7 Å². The Kier molecular flexibility index (Phi) is 8.51. The van der Waals surface area contributed by atoms with E-state index in [-0.39, 0.29) is 25.7 Å². The maximum atomic E-state index is 13.0. The van der Waals surface area contributed by atoms with E-state index >= 15 is 0 Å². The number of nitrogens with zero attached hydrogens (tertiary/aromatic N) is 1. The van der Waals surface area contributed by atoms with E-state index in [0.717, 1.165) is 48.4 Å². The van der Waals surface area contributed by atoms with Crippen LogP contribution in [0, 0.1) is 0 Å². The highest BCUT2D eigenvalue weighted by Crippen LogP contribution is 2.36. The van der Waals surface area contributed by atoms with Crippen molar-refractivity contribution in [3.63, 3.8) is 0 Å². The Morgan fingerprint density at radius 2 is 1.60 bits per heavy atom. The van der Waals surface area contributed by atoms with Gasteiger partial charge in [0.05, 0.1) is 0 Å². The fourth-order valence-corrected chi connectivity index (χ4v) is 4.80. The number of carbonyl (C=O) groups excluding carboxylic acids is 3. The normalized spacial score (nSPS) is 13.2. The van der Waals surface area contributed by atoms with Gasteiger partial charge >= 0.3 is 5.97 Å². The molecule has 35 heavy (non-hydrogen) atoms. The summed E-state index contributed by atoms with van der Waals surface area (Å²) in [5.41, 5.74) is 1.80. The van der Waals surface area contributed by atoms with Gasteiger partial charge in [-0.15, -0.1) is 11.3 Å². The summed E-state index contributed by atoms with van der Waals surface area (Å²) in [5, 5.41) is 2.61. The molecule has 1 saturated heterocycles. The molecular formula is C27H28N2O5S. The Labute approximate surface area is 208 Å². The Morgan fingerprint density at radius 3 is 2.31 bits per heavy atom. The molecule has 1 aliphatic heterocycles. The predicted molar refractivity (Wildman–Crippen MR) is 134 cm³/mol. The van der Waals surface area contributed by atoms with Gasteiger partial charge in [0, 0.05) is 18.0 Å². The third-order valence-corrected chi connectivity index (χ3v) is 6.82. The second-order valence-corrected chi connectivity index (χ2v) is 9.28. The van der Waals surface area contributed by atoms with E-state index in [2.05, 4.69) is 5.32 Å². The number of amides is 2. The highest BCUT2D eigenvalue weighted by atomic mass is 32.1. The van der Waals surface area contributed by atoms with Crippen molar-refractivity contribution in [3.8, 4) is 16.2 Å². The standard InChI is InChI=1S/C27H28N2O5S/c30-24(29-14-8-3-9-15-29)19-33-22-16-23(21-12-6-2-7-13-21)35-26(22)27(32)28-17-25(31)34-18-20-10-4-1-5-11-20/h1-2,4-7,10-13,16H,3,8-9,14-15,17-19H2,(H,28,32). The van der Waals surface area contributed by atoms with Crippen LogP contribution >= 0.6 is 11.3 Å². The topological polar surface area (TPSA) is 84.9 Å². The van der Waals surface area contributed by atoms with Gasteiger partial charge in [-0.2, -0.15) is 0 Å².